The van der Waals surface area contributed by atoms with Gasteiger partial charge in [-0.2, -0.15) is 0 Å². The van der Waals surface area contributed by atoms with Crippen molar-refractivity contribution in [2.24, 2.45) is 5.92 Å². The predicted octanol–water partition coefficient (Wildman–Crippen LogP) is 5.02. The highest BCUT2D eigenvalue weighted by atomic mass is 32.1. The van der Waals surface area contributed by atoms with Crippen molar-refractivity contribution in [3.05, 3.63) is 80.8 Å². The fraction of sp³-hybridized carbons (Fsp3) is 0.320. The summed E-state index contributed by atoms with van der Waals surface area (Å²) in [6.45, 7) is 8.80. The number of benzene rings is 1. The smallest absolute Gasteiger partial charge is 0.262 e. The van der Waals surface area contributed by atoms with E-state index in [9.17, 15) is 9.59 Å². The van der Waals surface area contributed by atoms with Crippen LogP contribution < -0.4 is 15.7 Å². The van der Waals surface area contributed by atoms with Crippen molar-refractivity contribution in [3.8, 4) is 16.2 Å². The van der Waals surface area contributed by atoms with E-state index in [1.54, 1.807) is 10.8 Å². The minimum absolute atomic E-state index is 0.0507. The first-order valence-corrected chi connectivity index (χ1v) is 11.6. The van der Waals surface area contributed by atoms with Crippen molar-refractivity contribution in [1.82, 2.24) is 14.5 Å². The maximum atomic E-state index is 13.4. The first-order chi connectivity index (χ1) is 15.3. The summed E-state index contributed by atoms with van der Waals surface area (Å²) in [6.07, 6.45) is 1.57. The second kappa shape index (κ2) is 9.12. The van der Waals surface area contributed by atoms with Crippen LogP contribution >= 0.6 is 11.3 Å². The topological polar surface area (TPSA) is 77.0 Å². The molecule has 4 aromatic rings. The van der Waals surface area contributed by atoms with E-state index in [2.05, 4.69) is 4.98 Å². The molecule has 0 amide bonds. The summed E-state index contributed by atoms with van der Waals surface area (Å²) in [5, 5.41) is 0.595. The average molecular weight is 450 g/mol. The maximum absolute atomic E-state index is 13.4. The number of fused-ring (bicyclic) bond motifs is 1. The van der Waals surface area contributed by atoms with Crippen LogP contribution in [0.4, 0.5) is 0 Å². The molecule has 0 saturated carbocycles. The minimum Gasteiger partial charge on any atom is -0.488 e. The standard InChI is InChI=1S/C25H27N3O3S/c1-15(2)14-31-21-12-26-18(10-20(21)29)13-28-23(16(3)4)27-24-19(25(28)30)11-22(32-24)17-8-6-5-7-9-17/h5-12,15-16H,13-14H2,1-4H3,(H,26,29). The second-order valence-corrected chi connectivity index (χ2v) is 9.63. The number of pyridine rings is 1. The third-order valence-electron chi connectivity index (χ3n) is 5.09. The molecule has 0 aliphatic carbocycles. The van der Waals surface area contributed by atoms with Crippen molar-refractivity contribution >= 4 is 21.6 Å². The van der Waals surface area contributed by atoms with Crippen molar-refractivity contribution in [2.45, 2.75) is 40.2 Å². The zero-order chi connectivity index (χ0) is 22.8. The summed E-state index contributed by atoms with van der Waals surface area (Å²) in [7, 11) is 0. The highest BCUT2D eigenvalue weighted by Gasteiger charge is 2.18. The normalized spacial score (nSPS) is 11.6. The SMILES string of the molecule is CC(C)COc1c[nH]c(Cn2c(C(C)C)nc3sc(-c4ccccc4)cc3c2=O)cc1=O. The molecule has 7 heteroatoms. The largest absolute Gasteiger partial charge is 0.488 e. The molecule has 0 unspecified atom stereocenters. The molecule has 0 aliphatic heterocycles. The van der Waals surface area contributed by atoms with Gasteiger partial charge in [0.05, 0.1) is 18.5 Å². The van der Waals surface area contributed by atoms with Gasteiger partial charge in [0.15, 0.2) is 5.75 Å². The number of aromatic amines is 1. The van der Waals surface area contributed by atoms with Crippen LogP contribution in [-0.4, -0.2) is 21.1 Å². The molecule has 0 atom stereocenters. The quantitative estimate of drug-likeness (QED) is 0.430. The Morgan fingerprint density at radius 2 is 1.84 bits per heavy atom. The number of H-pyrrole nitrogens is 1. The van der Waals surface area contributed by atoms with Gasteiger partial charge in [0, 0.05) is 28.8 Å². The fourth-order valence-corrected chi connectivity index (χ4v) is 4.54. The number of aromatic nitrogens is 3. The van der Waals surface area contributed by atoms with Gasteiger partial charge in [-0.3, -0.25) is 14.2 Å². The molecule has 0 aliphatic rings. The summed E-state index contributed by atoms with van der Waals surface area (Å²) in [6, 6.07) is 13.4. The molecule has 1 N–H and O–H groups in total. The molecular formula is C25H27N3O3S. The second-order valence-electron chi connectivity index (χ2n) is 8.60. The Balaban J connectivity index is 1.74. The maximum Gasteiger partial charge on any atom is 0.262 e. The number of ether oxygens (including phenoxy) is 1. The summed E-state index contributed by atoms with van der Waals surface area (Å²) in [5.74, 6) is 1.36. The molecule has 0 radical (unpaired) electrons. The Kier molecular flexibility index (Phi) is 6.28. The van der Waals surface area contributed by atoms with Crippen molar-refractivity contribution in [1.29, 1.82) is 0 Å². The number of rotatable bonds is 7. The summed E-state index contributed by atoms with van der Waals surface area (Å²) in [5.41, 5.74) is 1.40. The van der Waals surface area contributed by atoms with Crippen molar-refractivity contribution in [2.75, 3.05) is 6.61 Å². The first-order valence-electron chi connectivity index (χ1n) is 10.8. The van der Waals surface area contributed by atoms with Gasteiger partial charge in [-0.15, -0.1) is 11.3 Å². The lowest BCUT2D eigenvalue weighted by Gasteiger charge is -2.15. The van der Waals surface area contributed by atoms with E-state index in [1.165, 1.54) is 17.4 Å². The van der Waals surface area contributed by atoms with Gasteiger partial charge in [0.2, 0.25) is 5.43 Å². The number of nitrogens with zero attached hydrogens (tertiary/aromatic N) is 2. The van der Waals surface area contributed by atoms with E-state index >= 15 is 0 Å². The molecule has 3 aromatic heterocycles. The van der Waals surface area contributed by atoms with E-state index in [1.807, 2.05) is 64.1 Å². The van der Waals surface area contributed by atoms with Crippen LogP contribution in [0.25, 0.3) is 20.7 Å². The van der Waals surface area contributed by atoms with Gasteiger partial charge in [-0.25, -0.2) is 4.98 Å². The highest BCUT2D eigenvalue weighted by molar-refractivity contribution is 7.21. The Hall–Kier alpha value is -3.19. The zero-order valence-electron chi connectivity index (χ0n) is 18.7. The van der Waals surface area contributed by atoms with Gasteiger partial charge in [0.25, 0.3) is 5.56 Å². The van der Waals surface area contributed by atoms with Crippen LogP contribution in [0.15, 0.2) is 58.3 Å². The fourth-order valence-electron chi connectivity index (χ4n) is 3.50. The molecule has 0 spiro atoms. The monoisotopic (exact) mass is 449 g/mol. The third-order valence-corrected chi connectivity index (χ3v) is 6.17. The van der Waals surface area contributed by atoms with E-state index in [-0.39, 0.29) is 29.2 Å². The summed E-state index contributed by atoms with van der Waals surface area (Å²) < 4.78 is 7.23. The molecule has 166 valence electrons. The molecule has 32 heavy (non-hydrogen) atoms. The molecule has 0 bridgehead atoms. The van der Waals surface area contributed by atoms with Gasteiger partial charge in [0.1, 0.15) is 10.7 Å². The molecular weight excluding hydrogens is 422 g/mol. The van der Waals surface area contributed by atoms with Gasteiger partial charge < -0.3 is 9.72 Å². The highest BCUT2D eigenvalue weighted by Crippen LogP contribution is 2.31. The molecule has 0 saturated heterocycles. The van der Waals surface area contributed by atoms with E-state index in [0.29, 0.717) is 29.4 Å². The molecule has 0 fully saturated rings. The van der Waals surface area contributed by atoms with Crippen LogP contribution in [0.3, 0.4) is 0 Å². The van der Waals surface area contributed by atoms with Crippen LogP contribution in [-0.2, 0) is 6.54 Å². The van der Waals surface area contributed by atoms with Crippen LogP contribution in [0, 0.1) is 5.92 Å². The zero-order valence-corrected chi connectivity index (χ0v) is 19.5. The Bertz CT molecular complexity index is 1350. The van der Waals surface area contributed by atoms with E-state index in [0.717, 1.165) is 15.3 Å². The van der Waals surface area contributed by atoms with E-state index in [4.69, 9.17) is 9.72 Å². The first kappa shape index (κ1) is 22.0. The summed E-state index contributed by atoms with van der Waals surface area (Å²) in [4.78, 5) is 35.6. The van der Waals surface area contributed by atoms with Crippen LogP contribution in [0.5, 0.6) is 5.75 Å². The van der Waals surface area contributed by atoms with E-state index < -0.39 is 0 Å². The minimum atomic E-state index is -0.200. The lowest BCUT2D eigenvalue weighted by Crippen LogP contribution is -2.27. The molecule has 6 nitrogen and oxygen atoms in total. The van der Waals surface area contributed by atoms with Gasteiger partial charge in [-0.1, -0.05) is 58.0 Å². The Labute approximate surface area is 190 Å². The van der Waals surface area contributed by atoms with Crippen molar-refractivity contribution < 1.29 is 4.74 Å². The number of thiophene rings is 1. The Morgan fingerprint density at radius 1 is 1.09 bits per heavy atom. The third kappa shape index (κ3) is 4.53. The number of hydrogen-bond acceptors (Lipinski definition) is 5. The lowest BCUT2D eigenvalue weighted by molar-refractivity contribution is 0.267. The van der Waals surface area contributed by atoms with Crippen molar-refractivity contribution in [3.63, 3.8) is 0 Å². The molecule has 4 rings (SSSR count). The molecule has 1 aromatic carbocycles. The Morgan fingerprint density at radius 3 is 2.50 bits per heavy atom. The molecule has 3 heterocycles. The number of nitrogens with one attached hydrogen (secondary N) is 1. The summed E-state index contributed by atoms with van der Waals surface area (Å²) >= 11 is 1.52. The number of hydrogen-bond donors (Lipinski definition) is 1. The average Bonchev–Trinajstić information content (AvgIpc) is 3.20. The van der Waals surface area contributed by atoms with Crippen LogP contribution in [0.1, 0.15) is 45.1 Å². The van der Waals surface area contributed by atoms with Crippen LogP contribution in [0.2, 0.25) is 0 Å². The lowest BCUT2D eigenvalue weighted by atomic mass is 10.1. The van der Waals surface area contributed by atoms with Gasteiger partial charge >= 0.3 is 0 Å². The van der Waals surface area contributed by atoms with Gasteiger partial charge in [-0.05, 0) is 17.5 Å². The predicted molar refractivity (Wildman–Crippen MR) is 130 cm³/mol.